The van der Waals surface area contributed by atoms with Gasteiger partial charge in [-0.2, -0.15) is 0 Å². The lowest BCUT2D eigenvalue weighted by molar-refractivity contribution is -0.119. The zero-order valence-corrected chi connectivity index (χ0v) is 11.3. The van der Waals surface area contributed by atoms with Crippen LogP contribution >= 0.6 is 15.9 Å². The molecule has 16 heavy (non-hydrogen) atoms. The number of benzene rings is 1. The Balaban J connectivity index is 2.68. The van der Waals surface area contributed by atoms with Crippen molar-refractivity contribution >= 4 is 27.5 Å². The third kappa shape index (κ3) is 3.61. The second-order valence-corrected chi connectivity index (χ2v) is 5.76. The molecular weight excluding hydrogens is 268 g/mol. The van der Waals surface area contributed by atoms with E-state index in [0.29, 0.717) is 0 Å². The van der Waals surface area contributed by atoms with Crippen LogP contribution in [0.15, 0.2) is 28.7 Å². The molecule has 1 atom stereocenters. The van der Waals surface area contributed by atoms with Crippen molar-refractivity contribution in [1.82, 2.24) is 0 Å². The summed E-state index contributed by atoms with van der Waals surface area (Å²) in [4.78, 5) is 11.8. The van der Waals surface area contributed by atoms with Crippen molar-refractivity contribution in [2.45, 2.75) is 26.8 Å². The maximum Gasteiger partial charge on any atom is 0.241 e. The number of nitrogens with two attached hydrogens (primary N) is 1. The van der Waals surface area contributed by atoms with Gasteiger partial charge in [0.25, 0.3) is 0 Å². The van der Waals surface area contributed by atoms with Crippen molar-refractivity contribution in [2.24, 2.45) is 11.1 Å². The summed E-state index contributed by atoms with van der Waals surface area (Å²) in [5.41, 5.74) is 6.37. The number of carbonyl (C=O) groups excluding carboxylic acids is 1. The minimum Gasteiger partial charge on any atom is -0.325 e. The van der Waals surface area contributed by atoms with Crippen LogP contribution < -0.4 is 11.1 Å². The molecule has 3 N–H and O–H groups in total. The summed E-state index contributed by atoms with van der Waals surface area (Å²) in [5, 5.41) is 2.79. The van der Waals surface area contributed by atoms with Crippen LogP contribution in [-0.4, -0.2) is 11.9 Å². The lowest BCUT2D eigenvalue weighted by Crippen LogP contribution is -2.45. The zero-order chi connectivity index (χ0) is 12.3. The van der Waals surface area contributed by atoms with E-state index in [9.17, 15) is 4.79 Å². The lowest BCUT2D eigenvalue weighted by atomic mass is 9.87. The van der Waals surface area contributed by atoms with Crippen molar-refractivity contribution in [3.63, 3.8) is 0 Å². The van der Waals surface area contributed by atoms with Crippen molar-refractivity contribution in [3.8, 4) is 0 Å². The Morgan fingerprint density at radius 3 is 2.25 bits per heavy atom. The van der Waals surface area contributed by atoms with E-state index in [1.54, 1.807) is 0 Å². The monoisotopic (exact) mass is 284 g/mol. The Bertz CT molecular complexity index is 368. The molecule has 0 aromatic heterocycles. The van der Waals surface area contributed by atoms with Crippen LogP contribution in [0, 0.1) is 5.41 Å². The number of rotatable bonds is 2. The molecule has 1 rings (SSSR count). The molecule has 1 amide bonds. The Morgan fingerprint density at radius 1 is 1.31 bits per heavy atom. The van der Waals surface area contributed by atoms with Crippen molar-refractivity contribution in [2.75, 3.05) is 5.32 Å². The van der Waals surface area contributed by atoms with Crippen LogP contribution in [0.1, 0.15) is 20.8 Å². The van der Waals surface area contributed by atoms with E-state index < -0.39 is 6.04 Å². The van der Waals surface area contributed by atoms with Crippen LogP contribution in [-0.2, 0) is 4.79 Å². The minimum atomic E-state index is -0.517. The van der Waals surface area contributed by atoms with Crippen molar-refractivity contribution < 1.29 is 4.79 Å². The number of nitrogens with one attached hydrogen (secondary N) is 1. The van der Waals surface area contributed by atoms with Gasteiger partial charge < -0.3 is 11.1 Å². The molecule has 0 saturated carbocycles. The molecule has 0 saturated heterocycles. The first kappa shape index (κ1) is 13.2. The molecule has 0 aliphatic rings. The van der Waals surface area contributed by atoms with Gasteiger partial charge in [0.2, 0.25) is 5.91 Å². The molecule has 0 aliphatic heterocycles. The molecule has 4 heteroatoms. The molecule has 88 valence electrons. The topological polar surface area (TPSA) is 55.1 Å². The SMILES string of the molecule is CC(C)(C)[C@@H](N)C(=O)Nc1ccc(Br)cc1. The molecule has 3 nitrogen and oxygen atoms in total. The first-order valence-corrected chi connectivity index (χ1v) is 5.92. The lowest BCUT2D eigenvalue weighted by Gasteiger charge is -2.25. The summed E-state index contributed by atoms with van der Waals surface area (Å²) in [6, 6.07) is 6.89. The van der Waals surface area contributed by atoms with Gasteiger partial charge in [0, 0.05) is 10.2 Å². The first-order chi connectivity index (χ1) is 7.30. The highest BCUT2D eigenvalue weighted by Gasteiger charge is 2.27. The highest BCUT2D eigenvalue weighted by Crippen LogP contribution is 2.19. The van der Waals surface area contributed by atoms with E-state index >= 15 is 0 Å². The predicted molar refractivity (Wildman–Crippen MR) is 70.2 cm³/mol. The van der Waals surface area contributed by atoms with Crippen LogP contribution in [0.2, 0.25) is 0 Å². The van der Waals surface area contributed by atoms with Gasteiger partial charge in [0.1, 0.15) is 0 Å². The highest BCUT2D eigenvalue weighted by molar-refractivity contribution is 9.10. The second kappa shape index (κ2) is 4.97. The van der Waals surface area contributed by atoms with Crippen LogP contribution in [0.25, 0.3) is 0 Å². The average molecular weight is 285 g/mol. The third-order valence-electron chi connectivity index (χ3n) is 2.33. The highest BCUT2D eigenvalue weighted by atomic mass is 79.9. The van der Waals surface area contributed by atoms with Crippen LogP contribution in [0.5, 0.6) is 0 Å². The van der Waals surface area contributed by atoms with Crippen LogP contribution in [0.3, 0.4) is 0 Å². The van der Waals surface area contributed by atoms with Gasteiger partial charge in [-0.05, 0) is 29.7 Å². The summed E-state index contributed by atoms with van der Waals surface area (Å²) in [7, 11) is 0. The van der Waals surface area contributed by atoms with E-state index in [-0.39, 0.29) is 11.3 Å². The van der Waals surface area contributed by atoms with Crippen molar-refractivity contribution in [3.05, 3.63) is 28.7 Å². The molecule has 1 aromatic carbocycles. The summed E-state index contributed by atoms with van der Waals surface area (Å²) in [5.74, 6) is -0.158. The molecule has 0 heterocycles. The number of carbonyl (C=O) groups is 1. The molecule has 0 unspecified atom stereocenters. The summed E-state index contributed by atoms with van der Waals surface area (Å²) in [6.45, 7) is 5.83. The molecule has 1 aromatic rings. The summed E-state index contributed by atoms with van der Waals surface area (Å²) < 4.78 is 0.977. The normalized spacial score (nSPS) is 13.3. The van der Waals surface area contributed by atoms with E-state index in [4.69, 9.17) is 5.73 Å². The third-order valence-corrected chi connectivity index (χ3v) is 2.86. The van der Waals surface area contributed by atoms with Gasteiger partial charge in [-0.3, -0.25) is 4.79 Å². The minimum absolute atomic E-state index is 0.158. The Kier molecular flexibility index (Phi) is 4.10. The van der Waals surface area contributed by atoms with Crippen molar-refractivity contribution in [1.29, 1.82) is 0 Å². The van der Waals surface area contributed by atoms with Gasteiger partial charge >= 0.3 is 0 Å². The fraction of sp³-hybridized carbons (Fsp3) is 0.417. The average Bonchev–Trinajstić information content (AvgIpc) is 2.19. The van der Waals surface area contributed by atoms with E-state index in [2.05, 4.69) is 21.2 Å². The molecular formula is C12H17BrN2O. The number of hydrogen-bond acceptors (Lipinski definition) is 2. The predicted octanol–water partition coefficient (Wildman–Crippen LogP) is 2.76. The van der Waals surface area contributed by atoms with Gasteiger partial charge in [-0.1, -0.05) is 36.7 Å². The Labute approximate surface area is 105 Å². The van der Waals surface area contributed by atoms with Gasteiger partial charge in [0.05, 0.1) is 6.04 Å². The van der Waals surface area contributed by atoms with Crippen LogP contribution in [0.4, 0.5) is 5.69 Å². The number of halogens is 1. The maximum absolute atomic E-state index is 11.8. The molecule has 0 bridgehead atoms. The van der Waals surface area contributed by atoms with Gasteiger partial charge in [0.15, 0.2) is 0 Å². The largest absolute Gasteiger partial charge is 0.325 e. The zero-order valence-electron chi connectivity index (χ0n) is 9.75. The second-order valence-electron chi connectivity index (χ2n) is 4.84. The number of amides is 1. The number of anilines is 1. The molecule has 0 spiro atoms. The van der Waals surface area contributed by atoms with Gasteiger partial charge in [-0.25, -0.2) is 0 Å². The smallest absolute Gasteiger partial charge is 0.241 e. The first-order valence-electron chi connectivity index (χ1n) is 5.13. The summed E-state index contributed by atoms with van der Waals surface area (Å²) in [6.07, 6.45) is 0. The molecule has 0 fully saturated rings. The molecule has 0 radical (unpaired) electrons. The van der Waals surface area contributed by atoms with E-state index in [0.717, 1.165) is 10.2 Å². The van der Waals surface area contributed by atoms with E-state index in [1.807, 2.05) is 45.0 Å². The number of hydrogen-bond donors (Lipinski definition) is 2. The fourth-order valence-electron chi connectivity index (χ4n) is 1.15. The molecule has 0 aliphatic carbocycles. The maximum atomic E-state index is 11.8. The standard InChI is InChI=1S/C12H17BrN2O/c1-12(2,3)10(14)11(16)15-9-6-4-8(13)5-7-9/h4-7,10H,14H2,1-3H3,(H,15,16)/t10-/m0/s1. The summed E-state index contributed by atoms with van der Waals surface area (Å²) >= 11 is 3.33. The Hall–Kier alpha value is -0.870. The van der Waals surface area contributed by atoms with Gasteiger partial charge in [-0.15, -0.1) is 0 Å². The quantitative estimate of drug-likeness (QED) is 0.877. The van der Waals surface area contributed by atoms with E-state index in [1.165, 1.54) is 0 Å². The Morgan fingerprint density at radius 2 is 1.81 bits per heavy atom. The fourth-order valence-corrected chi connectivity index (χ4v) is 1.41.